The van der Waals surface area contributed by atoms with Crippen molar-refractivity contribution in [1.82, 2.24) is 4.90 Å². The Bertz CT molecular complexity index is 577. The van der Waals surface area contributed by atoms with E-state index in [1.165, 1.54) is 0 Å². The van der Waals surface area contributed by atoms with Crippen LogP contribution in [0.1, 0.15) is 30.1 Å². The minimum atomic E-state index is -0.786. The van der Waals surface area contributed by atoms with E-state index in [0.717, 1.165) is 0 Å². The van der Waals surface area contributed by atoms with Gasteiger partial charge in [-0.25, -0.2) is 0 Å². The summed E-state index contributed by atoms with van der Waals surface area (Å²) in [5.41, 5.74) is -0.308. The number of amides is 1. The zero-order valence-electron chi connectivity index (χ0n) is 14.9. The van der Waals surface area contributed by atoms with Crippen LogP contribution in [0.4, 0.5) is 0 Å². The maximum Gasteiger partial charge on any atom is 0.257 e. The minimum absolute atomic E-state index is 0.0260. The lowest BCUT2D eigenvalue weighted by Crippen LogP contribution is -2.52. The van der Waals surface area contributed by atoms with Crippen LogP contribution in [0.25, 0.3) is 0 Å². The summed E-state index contributed by atoms with van der Waals surface area (Å²) in [6, 6.07) is 5.18. The lowest BCUT2D eigenvalue weighted by atomic mass is 9.79. The van der Waals surface area contributed by atoms with Gasteiger partial charge in [0.25, 0.3) is 5.91 Å². The Labute approximate surface area is 143 Å². The number of methoxy groups -OCH3 is 3. The van der Waals surface area contributed by atoms with E-state index in [-0.39, 0.29) is 11.8 Å². The minimum Gasteiger partial charge on any atom is -0.497 e. The number of hydrogen-bond donors (Lipinski definition) is 1. The molecule has 24 heavy (non-hydrogen) atoms. The highest BCUT2D eigenvalue weighted by Gasteiger charge is 2.40. The first-order valence-corrected chi connectivity index (χ1v) is 8.17. The van der Waals surface area contributed by atoms with E-state index in [1.54, 1.807) is 44.4 Å². The van der Waals surface area contributed by atoms with Gasteiger partial charge in [0.15, 0.2) is 0 Å². The molecule has 2 atom stereocenters. The summed E-state index contributed by atoms with van der Waals surface area (Å²) in [6.07, 6.45) is 1.12. The molecular weight excluding hydrogens is 310 g/mol. The molecule has 0 spiro atoms. The van der Waals surface area contributed by atoms with E-state index in [4.69, 9.17) is 14.2 Å². The van der Waals surface area contributed by atoms with Crippen molar-refractivity contribution in [2.24, 2.45) is 5.92 Å². The molecule has 0 unspecified atom stereocenters. The van der Waals surface area contributed by atoms with Crippen LogP contribution in [-0.2, 0) is 4.74 Å². The summed E-state index contributed by atoms with van der Waals surface area (Å²) < 4.78 is 15.6. The van der Waals surface area contributed by atoms with Crippen LogP contribution in [0, 0.1) is 5.92 Å². The number of rotatable bonds is 6. The third-order valence-corrected chi connectivity index (χ3v) is 4.89. The fourth-order valence-electron chi connectivity index (χ4n) is 3.15. The molecular formula is C18H27NO5. The number of hydrogen-bond acceptors (Lipinski definition) is 5. The maximum absolute atomic E-state index is 12.9. The van der Waals surface area contributed by atoms with Crippen LogP contribution in [-0.4, -0.2) is 62.5 Å². The van der Waals surface area contributed by atoms with Crippen LogP contribution in [0.3, 0.4) is 0 Å². The maximum atomic E-state index is 12.9. The van der Waals surface area contributed by atoms with Gasteiger partial charge in [-0.05, 0) is 31.0 Å². The molecule has 134 valence electrons. The number of benzene rings is 1. The van der Waals surface area contributed by atoms with Crippen molar-refractivity contribution < 1.29 is 24.1 Å². The van der Waals surface area contributed by atoms with Gasteiger partial charge >= 0.3 is 0 Å². The van der Waals surface area contributed by atoms with Crippen molar-refractivity contribution in [2.45, 2.75) is 25.4 Å². The van der Waals surface area contributed by atoms with Gasteiger partial charge in [-0.15, -0.1) is 0 Å². The summed E-state index contributed by atoms with van der Waals surface area (Å²) >= 11 is 0. The monoisotopic (exact) mass is 337 g/mol. The second-order valence-corrected chi connectivity index (χ2v) is 6.31. The number of carbonyl (C=O) groups excluding carboxylic acids is 1. The van der Waals surface area contributed by atoms with Gasteiger partial charge in [0.2, 0.25) is 0 Å². The first-order valence-electron chi connectivity index (χ1n) is 8.17. The Morgan fingerprint density at radius 1 is 1.33 bits per heavy atom. The van der Waals surface area contributed by atoms with E-state index in [9.17, 15) is 9.90 Å². The second-order valence-electron chi connectivity index (χ2n) is 6.31. The average molecular weight is 337 g/mol. The molecule has 1 aromatic rings. The van der Waals surface area contributed by atoms with Gasteiger partial charge in [0.1, 0.15) is 11.5 Å². The Kier molecular flexibility index (Phi) is 6.07. The quantitative estimate of drug-likeness (QED) is 0.859. The molecule has 1 aromatic carbocycles. The highest BCUT2D eigenvalue weighted by molar-refractivity contribution is 5.97. The van der Waals surface area contributed by atoms with E-state index in [1.807, 2.05) is 6.92 Å². The third kappa shape index (κ3) is 3.82. The van der Waals surface area contributed by atoms with Crippen LogP contribution in [0.2, 0.25) is 0 Å². The molecule has 1 aliphatic rings. The molecule has 6 nitrogen and oxygen atoms in total. The Morgan fingerprint density at radius 2 is 2.08 bits per heavy atom. The van der Waals surface area contributed by atoms with Crippen LogP contribution >= 0.6 is 0 Å². The Morgan fingerprint density at radius 3 is 2.67 bits per heavy atom. The van der Waals surface area contributed by atoms with Gasteiger partial charge in [-0.3, -0.25) is 4.79 Å². The first kappa shape index (κ1) is 18.5. The van der Waals surface area contributed by atoms with Crippen molar-refractivity contribution in [3.63, 3.8) is 0 Å². The number of aliphatic hydroxyl groups is 1. The van der Waals surface area contributed by atoms with Crippen molar-refractivity contribution >= 4 is 5.91 Å². The molecule has 0 bridgehead atoms. The lowest BCUT2D eigenvalue weighted by molar-refractivity contribution is -0.0750. The average Bonchev–Trinajstić information content (AvgIpc) is 2.61. The smallest absolute Gasteiger partial charge is 0.257 e. The SMILES string of the molecule is COCC[C@]1(O)CCN(C(=O)c2cc(OC)ccc2OC)C[C@H]1C. The molecule has 6 heteroatoms. The van der Waals surface area contributed by atoms with E-state index < -0.39 is 5.60 Å². The van der Waals surface area contributed by atoms with E-state index in [2.05, 4.69) is 0 Å². The topological polar surface area (TPSA) is 68.2 Å². The summed E-state index contributed by atoms with van der Waals surface area (Å²) in [7, 11) is 4.73. The van der Waals surface area contributed by atoms with E-state index in [0.29, 0.717) is 49.6 Å². The molecule has 1 heterocycles. The number of nitrogens with zero attached hydrogens (tertiary/aromatic N) is 1. The molecule has 1 aliphatic heterocycles. The molecule has 1 fully saturated rings. The molecule has 1 amide bonds. The second kappa shape index (κ2) is 7.85. The van der Waals surface area contributed by atoms with Crippen LogP contribution in [0.15, 0.2) is 18.2 Å². The molecule has 0 radical (unpaired) electrons. The molecule has 0 aromatic heterocycles. The number of likely N-dealkylation sites (tertiary alicyclic amines) is 1. The largest absolute Gasteiger partial charge is 0.497 e. The molecule has 0 saturated carbocycles. The van der Waals surface area contributed by atoms with Crippen molar-refractivity contribution in [3.8, 4) is 11.5 Å². The summed E-state index contributed by atoms with van der Waals surface area (Å²) in [5.74, 6) is 1.00. The summed E-state index contributed by atoms with van der Waals surface area (Å²) in [6.45, 7) is 3.49. The van der Waals surface area contributed by atoms with Crippen molar-refractivity contribution in [1.29, 1.82) is 0 Å². The predicted octanol–water partition coefficient (Wildman–Crippen LogP) is 1.95. The zero-order valence-corrected chi connectivity index (χ0v) is 14.9. The number of piperidine rings is 1. The van der Waals surface area contributed by atoms with Crippen LogP contribution in [0.5, 0.6) is 11.5 Å². The van der Waals surface area contributed by atoms with Crippen molar-refractivity contribution in [3.05, 3.63) is 23.8 Å². The molecule has 0 aliphatic carbocycles. The Hall–Kier alpha value is -1.79. The van der Waals surface area contributed by atoms with Gasteiger partial charge < -0.3 is 24.2 Å². The standard InChI is InChI=1S/C18H27NO5/c1-13-12-19(9-7-18(13,21)8-10-22-2)17(20)15-11-14(23-3)5-6-16(15)24-4/h5-6,11,13,21H,7-10,12H2,1-4H3/t13-,18-/m1/s1. The fraction of sp³-hybridized carbons (Fsp3) is 0.611. The molecule has 1 N–H and O–H groups in total. The third-order valence-electron chi connectivity index (χ3n) is 4.89. The van der Waals surface area contributed by atoms with E-state index >= 15 is 0 Å². The van der Waals surface area contributed by atoms with Crippen molar-refractivity contribution in [2.75, 3.05) is 41.0 Å². The molecule has 2 rings (SSSR count). The van der Waals surface area contributed by atoms with Gasteiger partial charge in [-0.1, -0.05) is 6.92 Å². The number of carbonyl (C=O) groups is 1. The van der Waals surface area contributed by atoms with Gasteiger partial charge in [-0.2, -0.15) is 0 Å². The van der Waals surface area contributed by atoms with Crippen LogP contribution < -0.4 is 9.47 Å². The summed E-state index contributed by atoms with van der Waals surface area (Å²) in [5, 5.41) is 10.8. The highest BCUT2D eigenvalue weighted by Crippen LogP contribution is 2.33. The van der Waals surface area contributed by atoms with Gasteiger partial charge in [0, 0.05) is 32.7 Å². The Balaban J connectivity index is 2.15. The lowest BCUT2D eigenvalue weighted by Gasteiger charge is -2.43. The normalized spacial score (nSPS) is 23.9. The highest BCUT2D eigenvalue weighted by atomic mass is 16.5. The number of ether oxygens (including phenoxy) is 3. The van der Waals surface area contributed by atoms with Gasteiger partial charge in [0.05, 0.1) is 25.4 Å². The first-order chi connectivity index (χ1) is 11.4. The fourth-order valence-corrected chi connectivity index (χ4v) is 3.15. The zero-order chi connectivity index (χ0) is 17.7. The molecule has 1 saturated heterocycles. The predicted molar refractivity (Wildman–Crippen MR) is 90.7 cm³/mol. The summed E-state index contributed by atoms with van der Waals surface area (Å²) in [4.78, 5) is 14.7.